The predicted octanol–water partition coefficient (Wildman–Crippen LogP) is 3.53. The van der Waals surface area contributed by atoms with Crippen LogP contribution in [0.2, 0.25) is 0 Å². The lowest BCUT2D eigenvalue weighted by molar-refractivity contribution is 0.121. The number of ether oxygens (including phenoxy) is 2. The Morgan fingerprint density at radius 1 is 1.26 bits per heavy atom. The van der Waals surface area contributed by atoms with Crippen molar-refractivity contribution in [1.29, 1.82) is 0 Å². The van der Waals surface area contributed by atoms with Crippen LogP contribution in [0.15, 0.2) is 48.5 Å². The van der Waals surface area contributed by atoms with Crippen molar-refractivity contribution in [2.45, 2.75) is 26.2 Å². The first-order valence-electron chi connectivity index (χ1n) is 7.56. The van der Waals surface area contributed by atoms with Crippen LogP contribution in [0.1, 0.15) is 18.1 Å². The third-order valence-corrected chi connectivity index (χ3v) is 3.75. The van der Waals surface area contributed by atoms with E-state index >= 15 is 0 Å². The lowest BCUT2D eigenvalue weighted by Crippen LogP contribution is -2.34. The van der Waals surface area contributed by atoms with Gasteiger partial charge in [0.25, 0.3) is 0 Å². The molecule has 1 heterocycles. The van der Waals surface area contributed by atoms with Crippen molar-refractivity contribution in [2.24, 2.45) is 0 Å². The average Bonchev–Trinajstić information content (AvgIpc) is 2.72. The number of hydrogen-bond acceptors (Lipinski definition) is 3. The summed E-state index contributed by atoms with van der Waals surface area (Å²) in [7, 11) is 0. The first-order chi connectivity index (χ1) is 11.1. The fourth-order valence-electron chi connectivity index (χ4n) is 2.65. The van der Waals surface area contributed by atoms with Gasteiger partial charge >= 0.3 is 6.09 Å². The Balaban J connectivity index is 1.85. The number of amides is 1. The topological polar surface area (TPSA) is 59.0 Å². The number of rotatable bonds is 3. The van der Waals surface area contributed by atoms with Crippen molar-refractivity contribution in [3.63, 3.8) is 0 Å². The van der Waals surface area contributed by atoms with Gasteiger partial charge in [0.2, 0.25) is 0 Å². The van der Waals surface area contributed by atoms with Crippen molar-refractivity contribution in [1.82, 2.24) is 4.90 Å². The van der Waals surface area contributed by atoms with Crippen molar-refractivity contribution >= 4 is 6.09 Å². The summed E-state index contributed by atoms with van der Waals surface area (Å²) in [5, 5.41) is 9.33. The van der Waals surface area contributed by atoms with Crippen LogP contribution in [0.5, 0.6) is 11.5 Å². The molecule has 0 aromatic heterocycles. The van der Waals surface area contributed by atoms with Crippen molar-refractivity contribution in [2.75, 3.05) is 6.54 Å². The van der Waals surface area contributed by atoms with Crippen molar-refractivity contribution in [3.05, 3.63) is 59.7 Å². The van der Waals surface area contributed by atoms with E-state index in [1.807, 2.05) is 55.5 Å². The van der Waals surface area contributed by atoms with Crippen LogP contribution < -0.4 is 9.47 Å². The highest BCUT2D eigenvalue weighted by Crippen LogP contribution is 2.33. The molecule has 0 unspecified atom stereocenters. The third-order valence-electron chi connectivity index (χ3n) is 3.75. The number of hydrogen-bond donors (Lipinski definition) is 1. The lowest BCUT2D eigenvalue weighted by atomic mass is 10.1. The van der Waals surface area contributed by atoms with Crippen LogP contribution in [0.25, 0.3) is 0 Å². The Morgan fingerprint density at radius 2 is 2.04 bits per heavy atom. The van der Waals surface area contributed by atoms with E-state index in [0.717, 1.165) is 11.1 Å². The molecule has 120 valence electrons. The van der Waals surface area contributed by atoms with Gasteiger partial charge in [0, 0.05) is 0 Å². The molecule has 0 saturated heterocycles. The van der Waals surface area contributed by atoms with Gasteiger partial charge in [-0.2, -0.15) is 0 Å². The highest BCUT2D eigenvalue weighted by Gasteiger charge is 2.25. The highest BCUT2D eigenvalue weighted by atomic mass is 16.5. The molecule has 5 nitrogen and oxygen atoms in total. The molecule has 0 fully saturated rings. The molecule has 1 amide bonds. The maximum absolute atomic E-state index is 11.4. The van der Waals surface area contributed by atoms with Crippen LogP contribution in [0, 0.1) is 0 Å². The summed E-state index contributed by atoms with van der Waals surface area (Å²) in [6.07, 6.45) is -1.15. The van der Waals surface area contributed by atoms with Crippen molar-refractivity contribution in [3.8, 4) is 11.5 Å². The Morgan fingerprint density at radius 3 is 2.78 bits per heavy atom. The first-order valence-corrected chi connectivity index (χ1v) is 7.56. The number of nitrogens with zero attached hydrogens (tertiary/aromatic N) is 1. The molecule has 0 radical (unpaired) electrons. The smallest absolute Gasteiger partial charge is 0.407 e. The van der Waals surface area contributed by atoms with Gasteiger partial charge in [-0.15, -0.1) is 0 Å². The monoisotopic (exact) mass is 313 g/mol. The summed E-state index contributed by atoms with van der Waals surface area (Å²) in [5.74, 6) is 1.35. The predicted molar refractivity (Wildman–Crippen MR) is 85.7 cm³/mol. The zero-order valence-electron chi connectivity index (χ0n) is 12.9. The van der Waals surface area contributed by atoms with Crippen LogP contribution in [-0.4, -0.2) is 28.7 Å². The maximum Gasteiger partial charge on any atom is 0.407 e. The van der Waals surface area contributed by atoms with Gasteiger partial charge in [-0.1, -0.05) is 36.4 Å². The summed E-state index contributed by atoms with van der Waals surface area (Å²) in [5.41, 5.74) is 1.83. The molecule has 23 heavy (non-hydrogen) atoms. The minimum absolute atomic E-state index is 0.197. The Labute approximate surface area is 135 Å². The number of carboxylic acid groups (broad SMARTS) is 1. The van der Waals surface area contributed by atoms with Crippen LogP contribution in [0.3, 0.4) is 0 Å². The molecule has 1 aliphatic heterocycles. The fourth-order valence-corrected chi connectivity index (χ4v) is 2.65. The largest absolute Gasteiger partial charge is 0.488 e. The normalized spacial score (nSPS) is 16.9. The first kappa shape index (κ1) is 15.2. The van der Waals surface area contributed by atoms with Gasteiger partial charge in [-0.05, 0) is 24.6 Å². The Bertz CT molecular complexity index is 687. The van der Waals surface area contributed by atoms with E-state index in [0.29, 0.717) is 24.7 Å². The maximum atomic E-state index is 11.4. The zero-order valence-corrected chi connectivity index (χ0v) is 12.9. The van der Waals surface area contributed by atoms with Gasteiger partial charge in [0.1, 0.15) is 24.2 Å². The molecule has 3 rings (SSSR count). The quantitative estimate of drug-likeness (QED) is 0.942. The van der Waals surface area contributed by atoms with Crippen LogP contribution in [0.4, 0.5) is 4.79 Å². The molecule has 5 heteroatoms. The molecule has 0 spiro atoms. The minimum atomic E-state index is -0.953. The summed E-state index contributed by atoms with van der Waals surface area (Å²) in [6, 6.07) is 15.4. The van der Waals surface area contributed by atoms with Gasteiger partial charge < -0.3 is 19.5 Å². The number of fused-ring (bicyclic) bond motifs is 1. The molecule has 1 aliphatic rings. The van der Waals surface area contributed by atoms with Crippen molar-refractivity contribution < 1.29 is 19.4 Å². The zero-order chi connectivity index (χ0) is 16.2. The summed E-state index contributed by atoms with van der Waals surface area (Å²) in [4.78, 5) is 12.7. The van der Waals surface area contributed by atoms with E-state index in [-0.39, 0.29) is 12.6 Å². The van der Waals surface area contributed by atoms with E-state index in [2.05, 4.69) is 0 Å². The van der Waals surface area contributed by atoms with E-state index in [1.54, 1.807) is 0 Å². The molecule has 1 atom stereocenters. The standard InChI is InChI=1S/C18H19NO4/c1-13-10-19(18(20)21)11-15-16(8-5-9-17(15)23-13)22-12-14-6-3-2-4-7-14/h2-9,13H,10-12H2,1H3,(H,20,21)/t13-/m1/s1. The summed E-state index contributed by atoms with van der Waals surface area (Å²) < 4.78 is 11.8. The lowest BCUT2D eigenvalue weighted by Gasteiger charge is -2.18. The molecule has 2 aromatic carbocycles. The van der Waals surface area contributed by atoms with E-state index in [4.69, 9.17) is 9.47 Å². The molecule has 1 N–H and O–H groups in total. The van der Waals surface area contributed by atoms with E-state index in [1.165, 1.54) is 4.90 Å². The molecular formula is C18H19NO4. The minimum Gasteiger partial charge on any atom is -0.488 e. The number of carbonyl (C=O) groups is 1. The van der Waals surface area contributed by atoms with Crippen LogP contribution in [-0.2, 0) is 13.2 Å². The summed E-state index contributed by atoms with van der Waals surface area (Å²) in [6.45, 7) is 2.89. The van der Waals surface area contributed by atoms with Crippen LogP contribution >= 0.6 is 0 Å². The molecule has 2 aromatic rings. The summed E-state index contributed by atoms with van der Waals surface area (Å²) >= 11 is 0. The highest BCUT2D eigenvalue weighted by molar-refractivity contribution is 5.66. The van der Waals surface area contributed by atoms with Gasteiger partial charge in [0.05, 0.1) is 18.7 Å². The van der Waals surface area contributed by atoms with Gasteiger partial charge in [-0.3, -0.25) is 0 Å². The second-order valence-corrected chi connectivity index (χ2v) is 5.60. The molecule has 0 aliphatic carbocycles. The molecular weight excluding hydrogens is 294 g/mol. The second-order valence-electron chi connectivity index (χ2n) is 5.60. The number of benzene rings is 2. The Kier molecular flexibility index (Phi) is 4.37. The molecule has 0 bridgehead atoms. The Hall–Kier alpha value is -2.69. The third kappa shape index (κ3) is 3.56. The second kappa shape index (κ2) is 6.60. The van der Waals surface area contributed by atoms with E-state index in [9.17, 15) is 9.90 Å². The fraction of sp³-hybridized carbons (Fsp3) is 0.278. The van der Waals surface area contributed by atoms with E-state index < -0.39 is 6.09 Å². The SMILES string of the molecule is C[C@@H]1CN(C(=O)O)Cc2c(OCc3ccccc3)cccc2O1. The molecule has 0 saturated carbocycles. The van der Waals surface area contributed by atoms with Gasteiger partial charge in [0.15, 0.2) is 0 Å². The average molecular weight is 313 g/mol. The van der Waals surface area contributed by atoms with Gasteiger partial charge in [-0.25, -0.2) is 4.79 Å².